The second kappa shape index (κ2) is 6.23. The van der Waals surface area contributed by atoms with Gasteiger partial charge in [-0.05, 0) is 25.7 Å². The minimum Gasteiger partial charge on any atom is -0.378 e. The van der Waals surface area contributed by atoms with Crippen LogP contribution in [0.1, 0.15) is 44.9 Å². The first-order valence-corrected chi connectivity index (χ1v) is 5.67. The molecule has 0 aromatic heterocycles. The standard InChI is InChI=1S/C11H17F3O2/c12-11(13,14)6-3-4-9(15)8-10-5-1-2-7-16-10/h10H,1-8H2. The molecule has 16 heavy (non-hydrogen) atoms. The molecular formula is C11H17F3O2. The molecule has 1 aliphatic heterocycles. The number of carbonyl (C=O) groups excluding carboxylic acids is 1. The molecule has 0 aliphatic carbocycles. The van der Waals surface area contributed by atoms with Crippen LogP contribution in [-0.4, -0.2) is 24.7 Å². The number of hydrogen-bond donors (Lipinski definition) is 0. The molecule has 1 atom stereocenters. The lowest BCUT2D eigenvalue weighted by molar-refractivity contribution is -0.137. The summed E-state index contributed by atoms with van der Waals surface area (Å²) in [5.74, 6) is -0.115. The van der Waals surface area contributed by atoms with Crippen molar-refractivity contribution in [2.45, 2.75) is 57.2 Å². The van der Waals surface area contributed by atoms with Gasteiger partial charge in [0, 0.05) is 25.9 Å². The maximum atomic E-state index is 11.8. The molecule has 94 valence electrons. The lowest BCUT2D eigenvalue weighted by atomic mass is 10.0. The van der Waals surface area contributed by atoms with Crippen LogP contribution in [0.25, 0.3) is 0 Å². The quantitative estimate of drug-likeness (QED) is 0.735. The molecule has 0 aromatic carbocycles. The Morgan fingerprint density at radius 3 is 2.62 bits per heavy atom. The molecule has 0 spiro atoms. The van der Waals surface area contributed by atoms with Crippen molar-refractivity contribution in [3.05, 3.63) is 0 Å². The number of rotatable bonds is 5. The third-order valence-corrected chi connectivity index (χ3v) is 2.65. The van der Waals surface area contributed by atoms with Crippen molar-refractivity contribution in [2.24, 2.45) is 0 Å². The highest BCUT2D eigenvalue weighted by Crippen LogP contribution is 2.23. The molecule has 0 N–H and O–H groups in total. The van der Waals surface area contributed by atoms with E-state index in [1.54, 1.807) is 0 Å². The fourth-order valence-electron chi connectivity index (χ4n) is 1.81. The Morgan fingerprint density at radius 1 is 1.31 bits per heavy atom. The van der Waals surface area contributed by atoms with E-state index in [1.165, 1.54) is 0 Å². The molecule has 1 unspecified atom stereocenters. The van der Waals surface area contributed by atoms with Gasteiger partial charge >= 0.3 is 6.18 Å². The van der Waals surface area contributed by atoms with Crippen LogP contribution in [0.15, 0.2) is 0 Å². The molecule has 1 fully saturated rings. The summed E-state index contributed by atoms with van der Waals surface area (Å²) < 4.78 is 40.8. The molecule has 1 saturated heterocycles. The van der Waals surface area contributed by atoms with Crippen molar-refractivity contribution in [2.75, 3.05) is 6.61 Å². The van der Waals surface area contributed by atoms with E-state index in [4.69, 9.17) is 4.74 Å². The summed E-state index contributed by atoms with van der Waals surface area (Å²) in [4.78, 5) is 11.3. The number of halogens is 3. The molecule has 1 heterocycles. The number of alkyl halides is 3. The number of ketones is 1. The van der Waals surface area contributed by atoms with Crippen LogP contribution in [0.4, 0.5) is 13.2 Å². The Bertz CT molecular complexity index is 220. The highest BCUT2D eigenvalue weighted by atomic mass is 19.4. The monoisotopic (exact) mass is 238 g/mol. The van der Waals surface area contributed by atoms with Crippen LogP contribution in [-0.2, 0) is 9.53 Å². The number of Topliss-reactive ketones (excluding diaryl/α,β-unsaturated/α-hetero) is 1. The summed E-state index contributed by atoms with van der Waals surface area (Å²) in [5, 5.41) is 0. The third-order valence-electron chi connectivity index (χ3n) is 2.65. The van der Waals surface area contributed by atoms with Gasteiger partial charge in [0.05, 0.1) is 6.10 Å². The van der Waals surface area contributed by atoms with Gasteiger partial charge in [-0.25, -0.2) is 0 Å². The van der Waals surface area contributed by atoms with Crippen LogP contribution >= 0.6 is 0 Å². The topological polar surface area (TPSA) is 26.3 Å². The molecule has 2 nitrogen and oxygen atoms in total. The normalized spacial score (nSPS) is 22.1. The van der Waals surface area contributed by atoms with Gasteiger partial charge < -0.3 is 4.74 Å². The first-order chi connectivity index (χ1) is 7.47. The number of carbonyl (C=O) groups is 1. The van der Waals surface area contributed by atoms with E-state index < -0.39 is 12.6 Å². The van der Waals surface area contributed by atoms with E-state index in [0.717, 1.165) is 19.3 Å². The molecule has 0 saturated carbocycles. The van der Waals surface area contributed by atoms with Crippen LogP contribution in [0, 0.1) is 0 Å². The predicted octanol–water partition coefficient (Wildman–Crippen LogP) is 3.25. The van der Waals surface area contributed by atoms with Crippen molar-refractivity contribution in [3.63, 3.8) is 0 Å². The van der Waals surface area contributed by atoms with E-state index in [9.17, 15) is 18.0 Å². The molecule has 1 rings (SSSR count). The Labute approximate surface area is 93.2 Å². The van der Waals surface area contributed by atoms with E-state index in [1.807, 2.05) is 0 Å². The van der Waals surface area contributed by atoms with Gasteiger partial charge in [0.1, 0.15) is 5.78 Å². The summed E-state index contributed by atoms with van der Waals surface area (Å²) in [7, 11) is 0. The SMILES string of the molecule is O=C(CCCC(F)(F)F)CC1CCCCO1. The fraction of sp³-hybridized carbons (Fsp3) is 0.909. The Morgan fingerprint density at radius 2 is 2.06 bits per heavy atom. The number of hydrogen-bond acceptors (Lipinski definition) is 2. The second-order valence-electron chi connectivity index (χ2n) is 4.20. The maximum absolute atomic E-state index is 11.8. The predicted molar refractivity (Wildman–Crippen MR) is 53.1 cm³/mol. The van der Waals surface area contributed by atoms with Crippen molar-refractivity contribution >= 4 is 5.78 Å². The van der Waals surface area contributed by atoms with Gasteiger partial charge in [0.2, 0.25) is 0 Å². The van der Waals surface area contributed by atoms with Crippen molar-refractivity contribution < 1.29 is 22.7 Å². The van der Waals surface area contributed by atoms with E-state index >= 15 is 0 Å². The van der Waals surface area contributed by atoms with Gasteiger partial charge in [-0.15, -0.1) is 0 Å². The van der Waals surface area contributed by atoms with E-state index in [2.05, 4.69) is 0 Å². The van der Waals surface area contributed by atoms with Crippen molar-refractivity contribution in [1.82, 2.24) is 0 Å². The largest absolute Gasteiger partial charge is 0.389 e. The van der Waals surface area contributed by atoms with E-state index in [-0.39, 0.29) is 31.1 Å². The minimum atomic E-state index is -4.15. The Balaban J connectivity index is 2.10. The van der Waals surface area contributed by atoms with Gasteiger partial charge in [-0.3, -0.25) is 4.79 Å². The van der Waals surface area contributed by atoms with Gasteiger partial charge in [-0.2, -0.15) is 13.2 Å². The summed E-state index contributed by atoms with van der Waals surface area (Å²) >= 11 is 0. The summed E-state index contributed by atoms with van der Waals surface area (Å²) in [6.45, 7) is 0.667. The van der Waals surface area contributed by atoms with Gasteiger partial charge in [0.15, 0.2) is 0 Å². The second-order valence-corrected chi connectivity index (χ2v) is 4.20. The smallest absolute Gasteiger partial charge is 0.378 e. The molecular weight excluding hydrogens is 221 g/mol. The minimum absolute atomic E-state index is 0.0133. The van der Waals surface area contributed by atoms with Crippen LogP contribution in [0.3, 0.4) is 0 Å². The molecule has 0 bridgehead atoms. The number of ether oxygens (including phenoxy) is 1. The highest BCUT2D eigenvalue weighted by molar-refractivity contribution is 5.78. The summed E-state index contributed by atoms with van der Waals surface area (Å²) in [6.07, 6.45) is -1.99. The molecule has 0 amide bonds. The lowest BCUT2D eigenvalue weighted by Crippen LogP contribution is -2.22. The van der Waals surface area contributed by atoms with Crippen LogP contribution < -0.4 is 0 Å². The first kappa shape index (κ1) is 13.5. The van der Waals surface area contributed by atoms with Crippen LogP contribution in [0.5, 0.6) is 0 Å². The van der Waals surface area contributed by atoms with E-state index in [0.29, 0.717) is 6.61 Å². The van der Waals surface area contributed by atoms with Crippen molar-refractivity contribution in [1.29, 1.82) is 0 Å². The molecule has 0 radical (unpaired) electrons. The zero-order valence-electron chi connectivity index (χ0n) is 9.18. The average molecular weight is 238 g/mol. The molecule has 1 aliphatic rings. The third kappa shape index (κ3) is 6.10. The Hall–Kier alpha value is -0.580. The van der Waals surface area contributed by atoms with Crippen molar-refractivity contribution in [3.8, 4) is 0 Å². The maximum Gasteiger partial charge on any atom is 0.389 e. The first-order valence-electron chi connectivity index (χ1n) is 5.67. The average Bonchev–Trinajstić information content (AvgIpc) is 2.17. The van der Waals surface area contributed by atoms with Gasteiger partial charge in [-0.1, -0.05) is 0 Å². The Kier molecular flexibility index (Phi) is 5.25. The molecule has 5 heteroatoms. The zero-order valence-corrected chi connectivity index (χ0v) is 9.18. The fourth-order valence-corrected chi connectivity index (χ4v) is 1.81. The summed E-state index contributed by atoms with van der Waals surface area (Å²) in [5.41, 5.74) is 0. The zero-order chi connectivity index (χ0) is 12.0. The summed E-state index contributed by atoms with van der Waals surface area (Å²) in [6, 6.07) is 0. The highest BCUT2D eigenvalue weighted by Gasteiger charge is 2.27. The lowest BCUT2D eigenvalue weighted by Gasteiger charge is -2.21. The van der Waals surface area contributed by atoms with Gasteiger partial charge in [0.25, 0.3) is 0 Å². The molecule has 0 aromatic rings. The van der Waals surface area contributed by atoms with Crippen LogP contribution in [0.2, 0.25) is 0 Å².